The first-order valence-electron chi connectivity index (χ1n) is 13.1. The average Bonchev–Trinajstić information content (AvgIpc) is 2.92. The Morgan fingerprint density at radius 2 is 1.68 bits per heavy atom. The summed E-state index contributed by atoms with van der Waals surface area (Å²) in [6.45, 7) is 2.88. The third kappa shape index (κ3) is 7.29. The number of esters is 1. The van der Waals surface area contributed by atoms with E-state index in [1.54, 1.807) is 41.6 Å². The molecule has 8 nitrogen and oxygen atoms in total. The summed E-state index contributed by atoms with van der Waals surface area (Å²) in [5.74, 6) is -0.435. The van der Waals surface area contributed by atoms with Crippen molar-refractivity contribution in [1.29, 1.82) is 0 Å². The van der Waals surface area contributed by atoms with Crippen LogP contribution >= 0.6 is 11.6 Å². The van der Waals surface area contributed by atoms with Crippen LogP contribution in [0.15, 0.2) is 48.8 Å². The number of piperidine rings is 1. The number of hydrogen-bond acceptors (Lipinski definition) is 7. The highest BCUT2D eigenvalue weighted by Crippen LogP contribution is 2.38. The maximum Gasteiger partial charge on any atom is 0.312 e. The molecule has 2 aliphatic rings. The van der Waals surface area contributed by atoms with Crippen LogP contribution in [0.3, 0.4) is 0 Å². The first-order valence-corrected chi connectivity index (χ1v) is 13.4. The van der Waals surface area contributed by atoms with E-state index in [1.165, 1.54) is 5.56 Å². The smallest absolute Gasteiger partial charge is 0.312 e. The highest BCUT2D eigenvalue weighted by Gasteiger charge is 2.42. The summed E-state index contributed by atoms with van der Waals surface area (Å²) in [7, 11) is 0. The number of rotatable bonds is 3. The van der Waals surface area contributed by atoms with Crippen LogP contribution in [0.4, 0.5) is 0 Å². The van der Waals surface area contributed by atoms with Crippen LogP contribution in [0, 0.1) is 5.41 Å². The number of carbonyl (C=O) groups excluding carboxylic acids is 2. The predicted octanol–water partition coefficient (Wildman–Crippen LogP) is 3.30. The van der Waals surface area contributed by atoms with E-state index in [4.69, 9.17) is 16.3 Å². The lowest BCUT2D eigenvalue weighted by atomic mass is 9.74. The van der Waals surface area contributed by atoms with E-state index in [0.29, 0.717) is 42.9 Å². The van der Waals surface area contributed by atoms with E-state index in [1.807, 2.05) is 12.1 Å². The van der Waals surface area contributed by atoms with Crippen molar-refractivity contribution in [3.8, 4) is 0 Å². The molecule has 1 aromatic carbocycles. The van der Waals surface area contributed by atoms with Crippen molar-refractivity contribution in [2.24, 2.45) is 5.41 Å². The molecule has 2 aliphatic heterocycles. The molecule has 0 aliphatic carbocycles. The lowest BCUT2D eigenvalue weighted by Crippen LogP contribution is -2.45. The number of halogens is 1. The number of aliphatic hydroxyl groups is 2. The Morgan fingerprint density at radius 3 is 2.38 bits per heavy atom. The third-order valence-electron chi connectivity index (χ3n) is 7.64. The molecule has 1 spiro atoms. The Balaban J connectivity index is 1.43. The van der Waals surface area contributed by atoms with Gasteiger partial charge in [0.15, 0.2) is 0 Å². The van der Waals surface area contributed by atoms with E-state index in [2.05, 4.69) is 9.88 Å². The molecule has 37 heavy (non-hydrogen) atoms. The van der Waals surface area contributed by atoms with E-state index in [0.717, 1.165) is 32.5 Å². The topological polar surface area (TPSA) is 103 Å². The minimum Gasteiger partial charge on any atom is -0.462 e. The number of ether oxygens (including phenoxy) is 1. The fourth-order valence-electron chi connectivity index (χ4n) is 5.20. The van der Waals surface area contributed by atoms with Crippen molar-refractivity contribution in [3.63, 3.8) is 0 Å². The molecular formula is C28H36ClN3O5. The Bertz CT molecular complexity index is 1030. The van der Waals surface area contributed by atoms with Gasteiger partial charge in [-0.2, -0.15) is 0 Å². The summed E-state index contributed by atoms with van der Waals surface area (Å²) in [6.07, 6.45) is 4.95. The van der Waals surface area contributed by atoms with Crippen molar-refractivity contribution < 1.29 is 24.5 Å². The highest BCUT2D eigenvalue weighted by atomic mass is 35.5. The molecule has 0 radical (unpaired) electrons. The van der Waals surface area contributed by atoms with Gasteiger partial charge in [-0.25, -0.2) is 0 Å². The molecule has 200 valence electrons. The number of nitrogens with zero attached hydrogens (tertiary/aromatic N) is 3. The van der Waals surface area contributed by atoms with Crippen LogP contribution in [0.1, 0.15) is 54.4 Å². The van der Waals surface area contributed by atoms with Crippen LogP contribution in [0.5, 0.6) is 0 Å². The number of amides is 1. The molecule has 2 aromatic rings. The zero-order valence-corrected chi connectivity index (χ0v) is 21.9. The van der Waals surface area contributed by atoms with Gasteiger partial charge >= 0.3 is 5.97 Å². The molecule has 1 amide bonds. The fraction of sp³-hybridized carbons (Fsp3) is 0.536. The van der Waals surface area contributed by atoms with Gasteiger partial charge in [-0.05, 0) is 87.2 Å². The van der Waals surface area contributed by atoms with Crippen LogP contribution < -0.4 is 0 Å². The van der Waals surface area contributed by atoms with Crippen LogP contribution in [0.2, 0.25) is 5.02 Å². The standard InChI is InChI=1S/C28H36ClN3O5/c29-23-5-3-22(4-6-23)26(35)32-15-2-1-10-28(27(36)37-20-25(34)24(33)9-16-32)11-17-31(18-12-28)19-21-7-13-30-14-8-21/h3-8,13-14,24-25,33-34H,1-2,9-12,15-20H2/t24-,25+/m0/s1. The Hall–Kier alpha value is -2.52. The number of aliphatic hydroxyl groups excluding tert-OH is 2. The van der Waals surface area contributed by atoms with Gasteiger partial charge in [0.05, 0.1) is 11.5 Å². The van der Waals surface area contributed by atoms with Gasteiger partial charge in [0, 0.05) is 42.6 Å². The number of pyridine rings is 1. The van der Waals surface area contributed by atoms with Gasteiger partial charge in [-0.1, -0.05) is 18.0 Å². The molecule has 0 bridgehead atoms. The zero-order valence-electron chi connectivity index (χ0n) is 21.1. The summed E-state index contributed by atoms with van der Waals surface area (Å²) in [4.78, 5) is 34.6. The average molecular weight is 530 g/mol. The second-order valence-electron chi connectivity index (χ2n) is 10.2. The summed E-state index contributed by atoms with van der Waals surface area (Å²) >= 11 is 5.98. The van der Waals surface area contributed by atoms with Crippen LogP contribution in [-0.4, -0.2) is 81.9 Å². The monoisotopic (exact) mass is 529 g/mol. The number of benzene rings is 1. The first-order chi connectivity index (χ1) is 17.9. The largest absolute Gasteiger partial charge is 0.462 e. The molecule has 1 aromatic heterocycles. The number of hydrogen-bond donors (Lipinski definition) is 2. The number of cyclic esters (lactones) is 1. The summed E-state index contributed by atoms with van der Waals surface area (Å²) in [5, 5.41) is 21.5. The Morgan fingerprint density at radius 1 is 0.973 bits per heavy atom. The maximum atomic E-state index is 13.3. The van der Waals surface area contributed by atoms with Gasteiger partial charge in [0.1, 0.15) is 12.7 Å². The van der Waals surface area contributed by atoms with Gasteiger partial charge in [-0.3, -0.25) is 19.5 Å². The van der Waals surface area contributed by atoms with Crippen molar-refractivity contribution in [3.05, 3.63) is 64.9 Å². The Kier molecular flexibility index (Phi) is 9.54. The quantitative estimate of drug-likeness (QED) is 0.588. The van der Waals surface area contributed by atoms with Crippen molar-refractivity contribution in [1.82, 2.24) is 14.8 Å². The molecule has 4 rings (SSSR count). The van der Waals surface area contributed by atoms with Crippen LogP contribution in [0.25, 0.3) is 0 Å². The normalized spacial score (nSPS) is 24.0. The summed E-state index contributed by atoms with van der Waals surface area (Å²) < 4.78 is 5.57. The molecule has 2 fully saturated rings. The van der Waals surface area contributed by atoms with Crippen molar-refractivity contribution in [2.45, 2.75) is 57.3 Å². The van der Waals surface area contributed by atoms with Gasteiger partial charge in [-0.15, -0.1) is 0 Å². The van der Waals surface area contributed by atoms with Crippen molar-refractivity contribution >= 4 is 23.5 Å². The first kappa shape index (κ1) is 27.5. The van der Waals surface area contributed by atoms with E-state index >= 15 is 0 Å². The number of likely N-dealkylation sites (tertiary alicyclic amines) is 1. The number of aromatic nitrogens is 1. The highest BCUT2D eigenvalue weighted by molar-refractivity contribution is 6.30. The molecule has 2 saturated heterocycles. The molecule has 2 N–H and O–H groups in total. The summed E-state index contributed by atoms with van der Waals surface area (Å²) in [5.41, 5.74) is 1.09. The van der Waals surface area contributed by atoms with E-state index < -0.39 is 17.6 Å². The maximum absolute atomic E-state index is 13.3. The minimum atomic E-state index is -1.21. The predicted molar refractivity (Wildman–Crippen MR) is 140 cm³/mol. The molecule has 0 saturated carbocycles. The fourth-order valence-corrected chi connectivity index (χ4v) is 5.33. The SMILES string of the molecule is O=C(c1ccc(Cl)cc1)N1CCCCC2(CCN(Cc3ccncc3)CC2)C(=O)OC[C@@H](O)[C@@H](O)CC1. The van der Waals surface area contributed by atoms with E-state index in [9.17, 15) is 19.8 Å². The van der Waals surface area contributed by atoms with Gasteiger partial charge < -0.3 is 19.8 Å². The second kappa shape index (κ2) is 12.8. The third-order valence-corrected chi connectivity index (χ3v) is 7.89. The van der Waals surface area contributed by atoms with E-state index in [-0.39, 0.29) is 24.9 Å². The van der Waals surface area contributed by atoms with Crippen LogP contribution in [-0.2, 0) is 16.1 Å². The Labute approximate surface area is 223 Å². The molecule has 9 heteroatoms. The lowest BCUT2D eigenvalue weighted by molar-refractivity contribution is -0.165. The minimum absolute atomic E-state index is 0.139. The van der Waals surface area contributed by atoms with Gasteiger partial charge in [0.25, 0.3) is 5.91 Å². The summed E-state index contributed by atoms with van der Waals surface area (Å²) in [6, 6.07) is 10.8. The lowest BCUT2D eigenvalue weighted by Gasteiger charge is -2.40. The zero-order chi connectivity index (χ0) is 26.3. The van der Waals surface area contributed by atoms with Gasteiger partial charge in [0.2, 0.25) is 0 Å². The van der Waals surface area contributed by atoms with Crippen molar-refractivity contribution in [2.75, 3.05) is 32.8 Å². The second-order valence-corrected chi connectivity index (χ2v) is 10.6. The molecular weight excluding hydrogens is 494 g/mol. The molecule has 0 unspecified atom stereocenters. The molecule has 2 atom stereocenters. The molecule has 3 heterocycles. The number of carbonyl (C=O) groups is 2.